The zero-order chi connectivity index (χ0) is 75.4. The van der Waals surface area contributed by atoms with Gasteiger partial charge in [0.15, 0.2) is 8.07 Å². The fraction of sp³-hybridized carbons (Fsp3) is 0.120. The largest absolute Gasteiger partial charge is 0.510 e. The summed E-state index contributed by atoms with van der Waals surface area (Å²) in [7, 11) is -5.86. The Labute approximate surface area is 529 Å². The van der Waals surface area contributed by atoms with Gasteiger partial charge in [-0.25, -0.2) is 4.98 Å². The zero-order valence-corrected chi connectivity index (χ0v) is 48.4. The van der Waals surface area contributed by atoms with Crippen molar-refractivity contribution >= 4 is 61.7 Å². The van der Waals surface area contributed by atoms with Crippen LogP contribution in [0.3, 0.4) is 0 Å². The summed E-state index contributed by atoms with van der Waals surface area (Å²) in [5.74, 6) is 0.381. The number of aryl methyl sites for hydroxylation is 1. The van der Waals surface area contributed by atoms with Crippen molar-refractivity contribution in [2.24, 2.45) is 0 Å². The average Bonchev–Trinajstić information content (AvgIpc) is 0.731. The first-order valence-corrected chi connectivity index (χ1v) is 28.1. The molecule has 5 nitrogen and oxygen atoms in total. The number of ether oxygens (including phenoxy) is 1. The minimum absolute atomic E-state index is 0. The summed E-state index contributed by atoms with van der Waals surface area (Å²) in [5.41, 5.74) is 2.86. The Bertz CT molecular complexity index is 5530. The summed E-state index contributed by atoms with van der Waals surface area (Å²) in [5, 5.41) is -0.753. The minimum atomic E-state index is -5.86. The maximum Gasteiger partial charge on any atom is 0.268 e. The van der Waals surface area contributed by atoms with Gasteiger partial charge in [0.25, 0.3) is 6.33 Å². The fourth-order valence-corrected chi connectivity index (χ4v) is 14.5. The van der Waals surface area contributed by atoms with E-state index in [0.29, 0.717) is 44.3 Å². The number of imidazole rings is 1. The molecule has 0 fully saturated rings. The second-order valence-corrected chi connectivity index (χ2v) is 25.1. The molecule has 0 bridgehead atoms. The van der Waals surface area contributed by atoms with E-state index in [1.165, 1.54) is 18.3 Å². The Kier molecular flexibility index (Phi) is 8.80. The minimum Gasteiger partial charge on any atom is -0.510 e. The van der Waals surface area contributed by atoms with Crippen LogP contribution in [-0.4, -0.2) is 22.2 Å². The van der Waals surface area contributed by atoms with Crippen LogP contribution in [0.25, 0.3) is 72.3 Å². The zero-order valence-electron chi connectivity index (χ0n) is 68.1. The number of nitrogens with zero attached hydrogens (tertiary/aromatic N) is 4. The molecule has 7 heteroatoms. The van der Waals surface area contributed by atoms with E-state index in [9.17, 15) is 16.4 Å². The van der Waals surface area contributed by atoms with Gasteiger partial charge in [0.05, 0.1) is 44.1 Å². The molecule has 13 aromatic rings. The molecule has 0 atom stereocenters. The normalized spacial score (nSPS) is 16.1. The van der Waals surface area contributed by atoms with Crippen LogP contribution in [0, 0.1) is 25.3 Å². The van der Waals surface area contributed by atoms with Gasteiger partial charge >= 0.3 is 0 Å². The number of hydrogen-bond donors (Lipinski definition) is 0. The summed E-state index contributed by atoms with van der Waals surface area (Å²) in [6, 6.07) is 25.0. The summed E-state index contributed by atoms with van der Waals surface area (Å²) in [6.07, 6.45) is 4.73. The molecule has 3 heterocycles. The maximum atomic E-state index is 10.0. The quantitative estimate of drug-likeness (QED) is 0.0560. The van der Waals surface area contributed by atoms with Gasteiger partial charge in [-0.1, -0.05) is 247 Å². The molecule has 0 spiro atoms. The predicted octanol–water partition coefficient (Wildman–Crippen LogP) is 15.2. The first kappa shape index (κ1) is 33.3. The number of benzene rings is 10. The van der Waals surface area contributed by atoms with E-state index in [1.54, 1.807) is 86.5 Å². The first-order valence-electron chi connectivity index (χ1n) is 37.6. The summed E-state index contributed by atoms with van der Waals surface area (Å²) in [6.45, 7) is 9.37. The van der Waals surface area contributed by atoms with Crippen LogP contribution < -0.4 is 30.1 Å². The van der Waals surface area contributed by atoms with Gasteiger partial charge in [-0.2, -0.15) is 18.2 Å². The van der Waals surface area contributed by atoms with E-state index < -0.39 is 162 Å². The second kappa shape index (κ2) is 21.7. The molecule has 0 radical (unpaired) electrons. The molecule has 3 aromatic heterocycles. The Morgan fingerprint density at radius 1 is 0.549 bits per heavy atom. The number of hydrogen-bond acceptors (Lipinski definition) is 2. The van der Waals surface area contributed by atoms with Gasteiger partial charge in [-0.15, -0.1) is 29.7 Å². The molecule has 13 rings (SSSR count). The molecule has 0 aliphatic rings. The number of aromatic nitrogens is 4. The molecule has 0 saturated heterocycles. The van der Waals surface area contributed by atoms with Crippen LogP contribution in [0.1, 0.15) is 89.8 Å². The van der Waals surface area contributed by atoms with Crippen molar-refractivity contribution in [3.8, 4) is 50.9 Å². The van der Waals surface area contributed by atoms with Gasteiger partial charge in [0.2, 0.25) is 0 Å². The van der Waals surface area contributed by atoms with Crippen LogP contribution in [0.4, 0.5) is 0 Å². The third-order valence-electron chi connectivity index (χ3n) is 14.5. The van der Waals surface area contributed by atoms with Crippen LogP contribution in [0.2, 0.25) is 0 Å². The van der Waals surface area contributed by atoms with E-state index in [1.807, 2.05) is 71.9 Å². The molecule has 0 aliphatic heterocycles. The van der Waals surface area contributed by atoms with Gasteiger partial charge in [0.1, 0.15) is 5.82 Å². The number of rotatable bonds is 11. The van der Waals surface area contributed by atoms with Crippen molar-refractivity contribution in [1.29, 1.82) is 0 Å². The molecular formula is C75H62N4OPtSi-2. The fourth-order valence-electron chi connectivity index (χ4n) is 10.5. The van der Waals surface area contributed by atoms with Crippen molar-refractivity contribution in [3.05, 3.63) is 284 Å². The van der Waals surface area contributed by atoms with Crippen molar-refractivity contribution in [3.63, 3.8) is 0 Å². The third kappa shape index (κ3) is 9.64. The number of para-hydroxylation sites is 4. The number of pyridine rings is 1. The van der Waals surface area contributed by atoms with Crippen LogP contribution in [-0.2, 0) is 31.9 Å². The van der Waals surface area contributed by atoms with Gasteiger partial charge < -0.3 is 13.9 Å². The second-order valence-electron chi connectivity index (χ2n) is 21.5. The first-order chi connectivity index (χ1) is 48.8. The van der Waals surface area contributed by atoms with E-state index in [0.717, 1.165) is 16.5 Å². The molecule has 0 unspecified atom stereocenters. The monoisotopic (exact) mass is 1280 g/mol. The Balaban J connectivity index is 0.0000104. The Morgan fingerprint density at radius 3 is 1.77 bits per heavy atom. The molecule has 0 saturated carbocycles. The predicted molar refractivity (Wildman–Crippen MR) is 337 cm³/mol. The van der Waals surface area contributed by atoms with Gasteiger partial charge in [-0.3, -0.25) is 4.57 Å². The molecule has 0 N–H and O–H groups in total. The Hall–Kier alpha value is -8.67. The van der Waals surface area contributed by atoms with E-state index in [-0.39, 0.29) is 65.9 Å². The van der Waals surface area contributed by atoms with E-state index in [4.69, 9.17) is 24.8 Å². The molecule has 404 valence electrons. The molecule has 0 amide bonds. The van der Waals surface area contributed by atoms with Gasteiger partial charge in [0, 0.05) is 54.0 Å². The SMILES string of the molecule is [2H]c1c([2H])c([2H])c(-c2cnc(-n3c4[c-]c(Oc5[c-]c(-n6[c-][n+](-c7c(-c8cc(C(C)(C)C)cc(C(C)(C)C)c8)cccc7[Si](c7c([2H])c([2H])c([2H])c([2H])c7[2H])(c7c([2H])c([2H])c([2H])c([2H])c7[2H])c7c([2H])c([2H])c([2H])c([2H])c7[2H])c7ccccc76)ccc5)ccc4c4ccccc43)cc2C([2H])([2H])[2H])c([2H])c1[2H].[Pt]. The van der Waals surface area contributed by atoms with Crippen molar-refractivity contribution in [1.82, 2.24) is 14.1 Å². The van der Waals surface area contributed by atoms with E-state index in [2.05, 4.69) is 24.5 Å². The molecular weight excluding hydrogens is 1200 g/mol. The smallest absolute Gasteiger partial charge is 0.268 e. The standard InChI is InChI=1S/C75H62N4OSi.Pt/c1-52-44-72(76-50-66(52)53-26-12-8-13-27-53)79-67-38-21-20-36-64(67)65-43-42-59(49-70(65)79)80-58-29-24-28-57(48-58)77-51-78(69-40-23-22-39-68(69)77)73-63(54-45-55(74(2,3)4)47-56(46-54)75(5,6)7)37-25-41-71(73)81(60-30-14-9-15-31-60,61-32-16-10-17-33-61)62-34-18-11-19-35-62;/h8-47,50H,1-7H3;/q-2;/i1D3,8D,9D,10D,11D,12D,13D,14D,15D,16D,17D,18D,19D,26D,27D,30D,31D,32D,33D,34D,35D;. The average molecular weight is 1280 g/mol. The van der Waals surface area contributed by atoms with Crippen molar-refractivity contribution < 1.29 is 61.9 Å². The van der Waals surface area contributed by atoms with Crippen LogP contribution >= 0.6 is 0 Å². The maximum absolute atomic E-state index is 10.0. The topological polar surface area (TPSA) is 35.9 Å². The van der Waals surface area contributed by atoms with Gasteiger partial charge in [-0.05, 0) is 95.0 Å². The summed E-state index contributed by atoms with van der Waals surface area (Å²) in [4.78, 5) is 4.70. The third-order valence-corrected chi connectivity index (χ3v) is 18.7. The van der Waals surface area contributed by atoms with Crippen LogP contribution in [0.15, 0.2) is 248 Å². The molecule has 10 aromatic carbocycles. The van der Waals surface area contributed by atoms with E-state index >= 15 is 0 Å². The summed E-state index contributed by atoms with van der Waals surface area (Å²) < 4.78 is 223. The Morgan fingerprint density at radius 2 is 1.13 bits per heavy atom. The van der Waals surface area contributed by atoms with Crippen molar-refractivity contribution in [2.75, 3.05) is 0 Å². The summed E-state index contributed by atoms with van der Waals surface area (Å²) >= 11 is 0. The molecule has 0 aliphatic carbocycles. The van der Waals surface area contributed by atoms with Crippen LogP contribution in [0.5, 0.6) is 11.5 Å². The molecule has 82 heavy (non-hydrogen) atoms. The number of fused-ring (bicyclic) bond motifs is 4. The van der Waals surface area contributed by atoms with Crippen molar-refractivity contribution in [2.45, 2.75) is 59.2 Å².